The van der Waals surface area contributed by atoms with E-state index in [-0.39, 0.29) is 5.60 Å². The maximum absolute atomic E-state index is 8.34. The predicted molar refractivity (Wildman–Crippen MR) is 56.0 cm³/mol. The first-order valence-electron chi connectivity index (χ1n) is 5.71. The highest BCUT2D eigenvalue weighted by Gasteiger charge is 2.33. The van der Waals surface area contributed by atoms with E-state index in [1.165, 1.54) is 32.1 Å². The van der Waals surface area contributed by atoms with Gasteiger partial charge in [-0.1, -0.05) is 19.3 Å². The first-order chi connectivity index (χ1) is 7.06. The molecule has 1 unspecified atom stereocenters. The molecule has 1 saturated carbocycles. The van der Waals surface area contributed by atoms with Crippen LogP contribution in [0.4, 0.5) is 0 Å². The van der Waals surface area contributed by atoms with Crippen LogP contribution in [0.25, 0.3) is 0 Å². The molecule has 0 bridgehead atoms. The third kappa shape index (κ3) is 4.07. The van der Waals surface area contributed by atoms with Gasteiger partial charge in [-0.2, -0.15) is 0 Å². The van der Waals surface area contributed by atoms with Crippen molar-refractivity contribution in [2.24, 2.45) is 5.92 Å². The zero-order chi connectivity index (χ0) is 11.3. The van der Waals surface area contributed by atoms with Gasteiger partial charge in [-0.3, -0.25) is 0 Å². The normalized spacial score (nSPS) is 21.6. The van der Waals surface area contributed by atoms with E-state index >= 15 is 0 Å². The Labute approximate surface area is 91.4 Å². The van der Waals surface area contributed by atoms with Gasteiger partial charge in [0.1, 0.15) is 5.60 Å². The van der Waals surface area contributed by atoms with Crippen LogP contribution in [-0.2, 0) is 14.7 Å². The van der Waals surface area contributed by atoms with Crippen molar-refractivity contribution in [3.63, 3.8) is 0 Å². The SMILES string of the molecule is CC(OO)OOC(C)(C)C1CCCCC1. The summed E-state index contributed by atoms with van der Waals surface area (Å²) in [6.07, 6.45) is 5.49. The fourth-order valence-electron chi connectivity index (χ4n) is 2.08. The van der Waals surface area contributed by atoms with E-state index < -0.39 is 6.29 Å². The Balaban J connectivity index is 2.35. The van der Waals surface area contributed by atoms with E-state index in [1.807, 2.05) is 13.8 Å². The van der Waals surface area contributed by atoms with Gasteiger partial charge < -0.3 is 0 Å². The Morgan fingerprint density at radius 3 is 2.33 bits per heavy atom. The molecule has 4 nitrogen and oxygen atoms in total. The standard InChI is InChI=1S/C11H22O4/c1-9(13-12)14-15-11(2,3)10-7-5-4-6-8-10/h9-10,12H,4-8H2,1-3H3. The number of hydrogen-bond donors (Lipinski definition) is 1. The van der Waals surface area contributed by atoms with Gasteiger partial charge in [0.25, 0.3) is 0 Å². The molecule has 0 aliphatic heterocycles. The van der Waals surface area contributed by atoms with E-state index in [2.05, 4.69) is 4.89 Å². The molecule has 0 amide bonds. The Hall–Kier alpha value is -0.160. The van der Waals surface area contributed by atoms with Gasteiger partial charge in [0.15, 0.2) is 0 Å². The van der Waals surface area contributed by atoms with Crippen LogP contribution in [0.1, 0.15) is 52.9 Å². The molecule has 1 aliphatic carbocycles. The fourth-order valence-corrected chi connectivity index (χ4v) is 2.08. The third-order valence-corrected chi connectivity index (χ3v) is 3.14. The summed E-state index contributed by atoms with van der Waals surface area (Å²) >= 11 is 0. The van der Waals surface area contributed by atoms with Crippen molar-refractivity contribution in [3.05, 3.63) is 0 Å². The van der Waals surface area contributed by atoms with E-state index in [0.717, 1.165) is 0 Å². The summed E-state index contributed by atoms with van der Waals surface area (Å²) in [5.41, 5.74) is -0.312. The molecule has 0 aromatic heterocycles. The quantitative estimate of drug-likeness (QED) is 0.437. The Kier molecular flexibility index (Phi) is 4.99. The Bertz CT molecular complexity index is 175. The number of hydrogen-bond acceptors (Lipinski definition) is 4. The van der Waals surface area contributed by atoms with Crippen molar-refractivity contribution in [2.45, 2.75) is 64.8 Å². The lowest BCUT2D eigenvalue weighted by molar-refractivity contribution is -0.472. The highest BCUT2D eigenvalue weighted by atomic mass is 17.3. The first kappa shape index (κ1) is 12.9. The summed E-state index contributed by atoms with van der Waals surface area (Å²) in [6.45, 7) is 5.62. The second kappa shape index (κ2) is 5.80. The van der Waals surface area contributed by atoms with E-state index in [1.54, 1.807) is 6.92 Å². The van der Waals surface area contributed by atoms with Crippen molar-refractivity contribution in [1.29, 1.82) is 0 Å². The molecule has 0 heterocycles. The van der Waals surface area contributed by atoms with Crippen molar-refractivity contribution < 1.29 is 19.9 Å². The average Bonchev–Trinajstić information content (AvgIpc) is 2.27. The molecule has 1 rings (SSSR count). The minimum absolute atomic E-state index is 0.312. The molecule has 0 saturated heterocycles. The third-order valence-electron chi connectivity index (χ3n) is 3.14. The van der Waals surface area contributed by atoms with Gasteiger partial charge in [0.05, 0.1) is 0 Å². The molecule has 0 aromatic rings. The van der Waals surface area contributed by atoms with E-state index in [0.29, 0.717) is 5.92 Å². The minimum atomic E-state index is -0.743. The summed E-state index contributed by atoms with van der Waals surface area (Å²) in [4.78, 5) is 14.3. The lowest BCUT2D eigenvalue weighted by Gasteiger charge is -2.35. The van der Waals surface area contributed by atoms with Crippen molar-refractivity contribution in [1.82, 2.24) is 0 Å². The van der Waals surface area contributed by atoms with Crippen LogP contribution in [0.2, 0.25) is 0 Å². The van der Waals surface area contributed by atoms with Crippen LogP contribution in [0.3, 0.4) is 0 Å². The van der Waals surface area contributed by atoms with Gasteiger partial charge in [0.2, 0.25) is 6.29 Å². The molecule has 1 aliphatic rings. The van der Waals surface area contributed by atoms with Crippen LogP contribution >= 0.6 is 0 Å². The molecule has 1 N–H and O–H groups in total. The minimum Gasteiger partial charge on any atom is -0.249 e. The lowest BCUT2D eigenvalue weighted by Crippen LogP contribution is -2.37. The predicted octanol–water partition coefficient (Wildman–Crippen LogP) is 3.13. The van der Waals surface area contributed by atoms with Crippen LogP contribution < -0.4 is 0 Å². The molecule has 1 fully saturated rings. The van der Waals surface area contributed by atoms with Crippen molar-refractivity contribution >= 4 is 0 Å². The maximum atomic E-state index is 8.34. The molecule has 15 heavy (non-hydrogen) atoms. The van der Waals surface area contributed by atoms with Crippen LogP contribution in [-0.4, -0.2) is 17.1 Å². The summed E-state index contributed by atoms with van der Waals surface area (Å²) in [7, 11) is 0. The molecular formula is C11H22O4. The van der Waals surface area contributed by atoms with Crippen LogP contribution in [0, 0.1) is 5.92 Å². The molecule has 4 heteroatoms. The largest absolute Gasteiger partial charge is 0.249 e. The first-order valence-corrected chi connectivity index (χ1v) is 5.71. The molecule has 0 radical (unpaired) electrons. The molecule has 90 valence electrons. The lowest BCUT2D eigenvalue weighted by atomic mass is 9.79. The van der Waals surface area contributed by atoms with Crippen molar-refractivity contribution in [3.8, 4) is 0 Å². The maximum Gasteiger partial charge on any atom is 0.221 e. The van der Waals surface area contributed by atoms with Gasteiger partial charge in [-0.25, -0.2) is 19.9 Å². The van der Waals surface area contributed by atoms with Gasteiger partial charge in [0, 0.05) is 0 Å². The van der Waals surface area contributed by atoms with Gasteiger partial charge in [-0.05, 0) is 39.5 Å². The molecule has 0 spiro atoms. The molecule has 1 atom stereocenters. The molecular weight excluding hydrogens is 196 g/mol. The van der Waals surface area contributed by atoms with Gasteiger partial charge >= 0.3 is 0 Å². The van der Waals surface area contributed by atoms with E-state index in [9.17, 15) is 0 Å². The van der Waals surface area contributed by atoms with Gasteiger partial charge in [-0.15, -0.1) is 0 Å². The average molecular weight is 218 g/mol. The summed E-state index contributed by atoms with van der Waals surface area (Å²) in [5, 5.41) is 8.34. The molecule has 0 aromatic carbocycles. The fraction of sp³-hybridized carbons (Fsp3) is 1.00. The smallest absolute Gasteiger partial charge is 0.221 e. The highest BCUT2D eigenvalue weighted by Crippen LogP contribution is 2.34. The number of rotatable bonds is 5. The van der Waals surface area contributed by atoms with Crippen LogP contribution in [0.5, 0.6) is 0 Å². The topological polar surface area (TPSA) is 47.9 Å². The Morgan fingerprint density at radius 2 is 1.80 bits per heavy atom. The Morgan fingerprint density at radius 1 is 1.20 bits per heavy atom. The summed E-state index contributed by atoms with van der Waals surface area (Å²) in [6, 6.07) is 0. The monoisotopic (exact) mass is 218 g/mol. The zero-order valence-corrected chi connectivity index (χ0v) is 9.86. The second-order valence-electron chi connectivity index (χ2n) is 4.79. The van der Waals surface area contributed by atoms with Crippen LogP contribution in [0.15, 0.2) is 0 Å². The summed E-state index contributed by atoms with van der Waals surface area (Å²) < 4.78 is 0. The second-order valence-corrected chi connectivity index (χ2v) is 4.79. The summed E-state index contributed by atoms with van der Waals surface area (Å²) in [5.74, 6) is 0.525. The zero-order valence-electron chi connectivity index (χ0n) is 9.86. The highest BCUT2D eigenvalue weighted by molar-refractivity contribution is 4.80. The van der Waals surface area contributed by atoms with Crippen molar-refractivity contribution in [2.75, 3.05) is 0 Å². The van der Waals surface area contributed by atoms with E-state index in [4.69, 9.17) is 15.0 Å².